The molecule has 2 heterocycles. The second kappa shape index (κ2) is 5.38. The zero-order valence-corrected chi connectivity index (χ0v) is 12.1. The highest BCUT2D eigenvalue weighted by Crippen LogP contribution is 2.29. The molecular weight excluding hydrogens is 274 g/mol. The molecule has 0 aliphatic carbocycles. The fraction of sp³-hybridized carbons (Fsp3) is 0.429. The van der Waals surface area contributed by atoms with Crippen molar-refractivity contribution in [1.82, 2.24) is 9.88 Å². The van der Waals surface area contributed by atoms with Gasteiger partial charge in [0.05, 0.1) is 10.2 Å². The minimum Gasteiger partial charge on any atom is -0.480 e. The van der Waals surface area contributed by atoms with E-state index in [-0.39, 0.29) is 0 Å². The molecule has 0 bridgehead atoms. The monoisotopic (exact) mass is 291 g/mol. The number of benzene rings is 1. The Kier molecular flexibility index (Phi) is 3.58. The number of aliphatic carboxylic acids is 1. The maximum atomic E-state index is 11.0. The van der Waals surface area contributed by atoms with Crippen LogP contribution in [0.3, 0.4) is 0 Å². The quantitative estimate of drug-likeness (QED) is 0.936. The molecule has 1 N–H and O–H groups in total. The highest BCUT2D eigenvalue weighted by Gasteiger charge is 2.26. The fourth-order valence-electron chi connectivity index (χ4n) is 2.45. The van der Waals surface area contributed by atoms with E-state index >= 15 is 0 Å². The van der Waals surface area contributed by atoms with Crippen LogP contribution in [0.1, 0.15) is 6.92 Å². The van der Waals surface area contributed by atoms with Crippen molar-refractivity contribution in [3.8, 4) is 0 Å². The second-order valence-electron chi connectivity index (χ2n) is 5.00. The number of carboxylic acids is 1. The van der Waals surface area contributed by atoms with E-state index in [0.717, 1.165) is 36.8 Å². The van der Waals surface area contributed by atoms with Gasteiger partial charge in [0.25, 0.3) is 0 Å². The first-order chi connectivity index (χ1) is 9.65. The molecular formula is C14H17N3O2S. The van der Waals surface area contributed by atoms with Crippen molar-refractivity contribution in [2.45, 2.75) is 13.0 Å². The molecule has 0 radical (unpaired) electrons. The van der Waals surface area contributed by atoms with E-state index < -0.39 is 12.0 Å². The third kappa shape index (κ3) is 2.48. The zero-order chi connectivity index (χ0) is 14.1. The van der Waals surface area contributed by atoms with Gasteiger partial charge in [-0.3, -0.25) is 9.69 Å². The van der Waals surface area contributed by atoms with Gasteiger partial charge in [-0.1, -0.05) is 23.5 Å². The molecule has 1 aromatic carbocycles. The maximum Gasteiger partial charge on any atom is 0.320 e. The summed E-state index contributed by atoms with van der Waals surface area (Å²) >= 11 is 1.70. The summed E-state index contributed by atoms with van der Waals surface area (Å²) in [7, 11) is 0. The average Bonchev–Trinajstić information content (AvgIpc) is 2.90. The van der Waals surface area contributed by atoms with Gasteiger partial charge in [0, 0.05) is 26.2 Å². The minimum atomic E-state index is -0.751. The predicted octanol–water partition coefficient (Wildman–Crippen LogP) is 1.89. The molecule has 1 unspecified atom stereocenters. The van der Waals surface area contributed by atoms with Crippen molar-refractivity contribution < 1.29 is 9.90 Å². The molecule has 1 aliphatic heterocycles. The lowest BCUT2D eigenvalue weighted by molar-refractivity contribution is -0.142. The van der Waals surface area contributed by atoms with Gasteiger partial charge >= 0.3 is 5.97 Å². The maximum absolute atomic E-state index is 11.0. The summed E-state index contributed by atoms with van der Waals surface area (Å²) in [5, 5.41) is 10.1. The number of aromatic nitrogens is 1. The van der Waals surface area contributed by atoms with Crippen molar-refractivity contribution in [2.24, 2.45) is 0 Å². The number of para-hydroxylation sites is 1. The summed E-state index contributed by atoms with van der Waals surface area (Å²) in [6.45, 7) is 4.94. The van der Waals surface area contributed by atoms with E-state index in [1.54, 1.807) is 18.3 Å². The first-order valence-electron chi connectivity index (χ1n) is 6.72. The van der Waals surface area contributed by atoms with Crippen LogP contribution < -0.4 is 4.90 Å². The largest absolute Gasteiger partial charge is 0.480 e. The zero-order valence-electron chi connectivity index (χ0n) is 11.3. The normalized spacial score (nSPS) is 18.4. The Hall–Kier alpha value is -1.66. The summed E-state index contributed by atoms with van der Waals surface area (Å²) in [6, 6.07) is 7.72. The Morgan fingerprint density at radius 2 is 2.00 bits per heavy atom. The van der Waals surface area contributed by atoms with Crippen molar-refractivity contribution in [2.75, 3.05) is 31.1 Å². The Labute approximate surface area is 121 Å². The highest BCUT2D eigenvalue weighted by molar-refractivity contribution is 7.22. The second-order valence-corrected chi connectivity index (χ2v) is 6.01. The number of hydrogen-bond acceptors (Lipinski definition) is 5. The van der Waals surface area contributed by atoms with Gasteiger partial charge in [-0.2, -0.15) is 0 Å². The predicted molar refractivity (Wildman–Crippen MR) is 80.5 cm³/mol. The van der Waals surface area contributed by atoms with Crippen LogP contribution in [0.25, 0.3) is 10.2 Å². The average molecular weight is 291 g/mol. The Bertz CT molecular complexity index is 587. The van der Waals surface area contributed by atoms with Crippen molar-refractivity contribution in [3.05, 3.63) is 24.3 Å². The summed E-state index contributed by atoms with van der Waals surface area (Å²) in [5.41, 5.74) is 1.04. The molecule has 0 saturated carbocycles. The van der Waals surface area contributed by atoms with Crippen molar-refractivity contribution in [3.63, 3.8) is 0 Å². The van der Waals surface area contributed by atoms with Gasteiger partial charge in [-0.15, -0.1) is 0 Å². The van der Waals surface area contributed by atoms with Crippen LogP contribution in [0.15, 0.2) is 24.3 Å². The van der Waals surface area contributed by atoms with Crippen LogP contribution in [0, 0.1) is 0 Å². The number of carboxylic acid groups (broad SMARTS) is 1. The van der Waals surface area contributed by atoms with Crippen molar-refractivity contribution >= 4 is 32.7 Å². The molecule has 5 nitrogen and oxygen atoms in total. The molecule has 20 heavy (non-hydrogen) atoms. The summed E-state index contributed by atoms with van der Waals surface area (Å²) in [6.07, 6.45) is 0. The van der Waals surface area contributed by atoms with Crippen LogP contribution in [-0.4, -0.2) is 53.2 Å². The molecule has 3 rings (SSSR count). The molecule has 106 valence electrons. The van der Waals surface area contributed by atoms with Gasteiger partial charge in [0.2, 0.25) is 0 Å². The molecule has 1 fully saturated rings. The molecule has 1 atom stereocenters. The topological polar surface area (TPSA) is 56.7 Å². The van der Waals surface area contributed by atoms with E-state index in [4.69, 9.17) is 5.11 Å². The Morgan fingerprint density at radius 3 is 2.65 bits per heavy atom. The molecule has 1 aromatic heterocycles. The highest BCUT2D eigenvalue weighted by atomic mass is 32.1. The van der Waals surface area contributed by atoms with Crippen LogP contribution in [0.5, 0.6) is 0 Å². The van der Waals surface area contributed by atoms with E-state index in [1.165, 1.54) is 4.70 Å². The lowest BCUT2D eigenvalue weighted by atomic mass is 10.2. The van der Waals surface area contributed by atoms with Gasteiger partial charge < -0.3 is 10.0 Å². The first-order valence-corrected chi connectivity index (χ1v) is 7.54. The SMILES string of the molecule is CC(C(=O)O)N1CCN(c2nc3ccccc3s2)CC1. The van der Waals surface area contributed by atoms with Crippen LogP contribution in [0.2, 0.25) is 0 Å². The van der Waals surface area contributed by atoms with Gasteiger partial charge in [-0.25, -0.2) is 4.98 Å². The van der Waals surface area contributed by atoms with Crippen LogP contribution in [-0.2, 0) is 4.79 Å². The number of nitrogens with zero attached hydrogens (tertiary/aromatic N) is 3. The van der Waals surface area contributed by atoms with E-state index in [9.17, 15) is 4.79 Å². The number of anilines is 1. The van der Waals surface area contributed by atoms with Gasteiger partial charge in [0.1, 0.15) is 6.04 Å². The fourth-order valence-corrected chi connectivity index (χ4v) is 3.47. The standard InChI is InChI=1S/C14H17N3O2S/c1-10(13(18)19)16-6-8-17(9-7-16)14-15-11-4-2-3-5-12(11)20-14/h2-5,10H,6-9H2,1H3,(H,18,19). The lowest BCUT2D eigenvalue weighted by Crippen LogP contribution is -2.51. The van der Waals surface area contributed by atoms with Crippen molar-refractivity contribution in [1.29, 1.82) is 0 Å². The van der Waals surface area contributed by atoms with Crippen LogP contribution in [0.4, 0.5) is 5.13 Å². The number of carbonyl (C=O) groups is 1. The third-order valence-electron chi connectivity index (χ3n) is 3.77. The Balaban J connectivity index is 1.70. The summed E-state index contributed by atoms with van der Waals surface area (Å²) in [5.74, 6) is -0.751. The van der Waals surface area contributed by atoms with E-state index in [2.05, 4.69) is 16.0 Å². The van der Waals surface area contributed by atoms with E-state index in [1.807, 2.05) is 23.1 Å². The number of rotatable bonds is 3. The smallest absolute Gasteiger partial charge is 0.320 e. The number of fused-ring (bicyclic) bond motifs is 1. The number of thiazole rings is 1. The number of piperazine rings is 1. The molecule has 1 aliphatic rings. The summed E-state index contributed by atoms with van der Waals surface area (Å²) < 4.78 is 1.20. The van der Waals surface area contributed by atoms with Gasteiger partial charge in [0.15, 0.2) is 5.13 Å². The molecule has 6 heteroatoms. The summed E-state index contributed by atoms with van der Waals surface area (Å²) in [4.78, 5) is 19.9. The molecule has 0 spiro atoms. The van der Waals surface area contributed by atoms with Crippen LogP contribution >= 0.6 is 11.3 Å². The van der Waals surface area contributed by atoms with Gasteiger partial charge in [-0.05, 0) is 19.1 Å². The molecule has 1 saturated heterocycles. The first kappa shape index (κ1) is 13.3. The third-order valence-corrected chi connectivity index (χ3v) is 4.87. The lowest BCUT2D eigenvalue weighted by Gasteiger charge is -2.36. The minimum absolute atomic E-state index is 0.410. The Morgan fingerprint density at radius 1 is 1.30 bits per heavy atom. The van der Waals surface area contributed by atoms with E-state index in [0.29, 0.717) is 0 Å². The molecule has 0 amide bonds. The number of hydrogen-bond donors (Lipinski definition) is 1. The molecule has 2 aromatic rings.